The van der Waals surface area contributed by atoms with Gasteiger partial charge in [0.05, 0.1) is 20.1 Å². The highest BCUT2D eigenvalue weighted by atomic mass is 16.5. The molecule has 2 amide bonds. The molecule has 0 aliphatic carbocycles. The summed E-state index contributed by atoms with van der Waals surface area (Å²) in [5, 5.41) is 3.86. The van der Waals surface area contributed by atoms with Crippen LogP contribution in [-0.2, 0) is 16.0 Å². The molecule has 1 aromatic carbocycles. The van der Waals surface area contributed by atoms with Gasteiger partial charge in [-0.05, 0) is 31.0 Å². The van der Waals surface area contributed by atoms with Crippen molar-refractivity contribution in [1.82, 2.24) is 19.9 Å². The van der Waals surface area contributed by atoms with E-state index in [0.717, 1.165) is 11.3 Å². The maximum Gasteiger partial charge on any atom is 0.251 e. The Morgan fingerprint density at radius 1 is 1.21 bits per heavy atom. The predicted octanol–water partition coefficient (Wildman–Crippen LogP) is 2.14. The van der Waals surface area contributed by atoms with Crippen LogP contribution in [0.3, 0.4) is 0 Å². The summed E-state index contributed by atoms with van der Waals surface area (Å²) in [6.45, 7) is 5.07. The minimum atomic E-state index is -0.420. The standard InChI is InChI=1S/C20H26N4O4/c1-4-18(25)24-11-5-10-23(13-17(24)20-21-14(2)22-28-20)19(26)12-15-6-8-16(27-3)9-7-15/h6-9,17H,4-5,10-13H2,1-3H3. The van der Waals surface area contributed by atoms with Gasteiger partial charge in [-0.15, -0.1) is 0 Å². The fourth-order valence-electron chi connectivity index (χ4n) is 3.40. The molecule has 0 bridgehead atoms. The minimum absolute atomic E-state index is 0.0113. The quantitative estimate of drug-likeness (QED) is 0.782. The molecule has 1 atom stereocenters. The number of methoxy groups -OCH3 is 1. The van der Waals surface area contributed by atoms with Gasteiger partial charge >= 0.3 is 0 Å². The first-order valence-corrected chi connectivity index (χ1v) is 9.52. The van der Waals surface area contributed by atoms with Gasteiger partial charge in [-0.3, -0.25) is 9.59 Å². The summed E-state index contributed by atoms with van der Waals surface area (Å²) in [7, 11) is 1.61. The fraction of sp³-hybridized carbons (Fsp3) is 0.500. The van der Waals surface area contributed by atoms with Gasteiger partial charge in [0.25, 0.3) is 5.89 Å². The number of nitrogens with zero attached hydrogens (tertiary/aromatic N) is 4. The zero-order valence-corrected chi connectivity index (χ0v) is 16.6. The average Bonchev–Trinajstić information content (AvgIpc) is 3.01. The molecule has 3 rings (SSSR count). The lowest BCUT2D eigenvalue weighted by molar-refractivity contribution is -0.136. The molecule has 8 nitrogen and oxygen atoms in total. The summed E-state index contributed by atoms with van der Waals surface area (Å²) in [5.74, 6) is 1.68. The van der Waals surface area contributed by atoms with E-state index in [-0.39, 0.29) is 11.8 Å². The van der Waals surface area contributed by atoms with Gasteiger partial charge in [0.2, 0.25) is 11.8 Å². The number of benzene rings is 1. The number of aromatic nitrogens is 2. The molecule has 0 radical (unpaired) electrons. The number of amides is 2. The molecule has 150 valence electrons. The maximum atomic E-state index is 12.9. The lowest BCUT2D eigenvalue weighted by atomic mass is 10.1. The molecular weight excluding hydrogens is 360 g/mol. The van der Waals surface area contributed by atoms with Crippen molar-refractivity contribution in [1.29, 1.82) is 0 Å². The molecule has 8 heteroatoms. The summed E-state index contributed by atoms with van der Waals surface area (Å²) in [4.78, 5) is 33.2. The van der Waals surface area contributed by atoms with Crippen LogP contribution >= 0.6 is 0 Å². The largest absolute Gasteiger partial charge is 0.497 e. The maximum absolute atomic E-state index is 12.9. The summed E-state index contributed by atoms with van der Waals surface area (Å²) >= 11 is 0. The van der Waals surface area contributed by atoms with Crippen LogP contribution in [0, 0.1) is 6.92 Å². The third kappa shape index (κ3) is 4.49. The lowest BCUT2D eigenvalue weighted by Crippen LogP contribution is -2.40. The van der Waals surface area contributed by atoms with Gasteiger partial charge in [-0.25, -0.2) is 0 Å². The Morgan fingerprint density at radius 3 is 2.57 bits per heavy atom. The van der Waals surface area contributed by atoms with Crippen molar-refractivity contribution in [3.63, 3.8) is 0 Å². The molecule has 1 aliphatic rings. The van der Waals surface area contributed by atoms with Crippen molar-refractivity contribution in [2.24, 2.45) is 0 Å². The number of carbonyl (C=O) groups is 2. The zero-order chi connectivity index (χ0) is 20.1. The van der Waals surface area contributed by atoms with Crippen LogP contribution in [0.5, 0.6) is 5.75 Å². The Balaban J connectivity index is 1.77. The zero-order valence-electron chi connectivity index (χ0n) is 16.6. The summed E-state index contributed by atoms with van der Waals surface area (Å²) in [6.07, 6.45) is 1.40. The second-order valence-corrected chi connectivity index (χ2v) is 6.85. The van der Waals surface area contributed by atoms with Crippen LogP contribution in [-0.4, -0.2) is 58.5 Å². The molecule has 2 heterocycles. The van der Waals surface area contributed by atoms with Gasteiger partial charge in [0, 0.05) is 19.5 Å². The number of hydrogen-bond acceptors (Lipinski definition) is 6. The number of rotatable bonds is 5. The molecule has 1 fully saturated rings. The van der Waals surface area contributed by atoms with E-state index in [1.165, 1.54) is 0 Å². The second kappa shape index (κ2) is 8.86. The summed E-state index contributed by atoms with van der Waals surface area (Å²) in [6, 6.07) is 7.05. The molecule has 28 heavy (non-hydrogen) atoms. The van der Waals surface area contributed by atoms with Crippen LogP contribution in [0.15, 0.2) is 28.8 Å². The highest BCUT2D eigenvalue weighted by molar-refractivity contribution is 5.79. The topological polar surface area (TPSA) is 88.8 Å². The third-order valence-electron chi connectivity index (χ3n) is 4.91. The SMILES string of the molecule is CCC(=O)N1CCCN(C(=O)Cc2ccc(OC)cc2)CC1c1nc(C)no1. The smallest absolute Gasteiger partial charge is 0.251 e. The molecule has 1 unspecified atom stereocenters. The molecule has 2 aromatic rings. The van der Waals surface area contributed by atoms with Crippen LogP contribution in [0.4, 0.5) is 0 Å². The van der Waals surface area contributed by atoms with E-state index in [4.69, 9.17) is 9.26 Å². The number of carbonyl (C=O) groups excluding carboxylic acids is 2. The monoisotopic (exact) mass is 386 g/mol. The minimum Gasteiger partial charge on any atom is -0.497 e. The number of hydrogen-bond donors (Lipinski definition) is 0. The van der Waals surface area contributed by atoms with Gasteiger partial charge < -0.3 is 19.1 Å². The van der Waals surface area contributed by atoms with Crippen LogP contribution in [0.1, 0.15) is 43.1 Å². The third-order valence-corrected chi connectivity index (χ3v) is 4.91. The van der Waals surface area contributed by atoms with E-state index in [1.807, 2.05) is 31.2 Å². The first-order chi connectivity index (χ1) is 13.5. The number of ether oxygens (including phenoxy) is 1. The molecule has 1 saturated heterocycles. The van der Waals surface area contributed by atoms with Gasteiger partial charge in [-0.2, -0.15) is 4.98 Å². The van der Waals surface area contributed by atoms with Crippen molar-refractivity contribution >= 4 is 11.8 Å². The van der Waals surface area contributed by atoms with Gasteiger partial charge in [0.15, 0.2) is 5.82 Å². The number of aryl methyl sites for hydroxylation is 1. The Kier molecular flexibility index (Phi) is 6.28. The van der Waals surface area contributed by atoms with E-state index in [1.54, 1.807) is 23.8 Å². The molecule has 0 N–H and O–H groups in total. The predicted molar refractivity (Wildman–Crippen MR) is 102 cm³/mol. The van der Waals surface area contributed by atoms with Crippen LogP contribution in [0.25, 0.3) is 0 Å². The van der Waals surface area contributed by atoms with Crippen LogP contribution in [0.2, 0.25) is 0 Å². The Bertz CT molecular complexity index is 818. The van der Waals surface area contributed by atoms with E-state index < -0.39 is 6.04 Å². The second-order valence-electron chi connectivity index (χ2n) is 6.85. The molecule has 0 saturated carbocycles. The van der Waals surface area contributed by atoms with Crippen LogP contribution < -0.4 is 4.74 Å². The Labute approximate surface area is 164 Å². The molecule has 1 aromatic heterocycles. The highest BCUT2D eigenvalue weighted by Crippen LogP contribution is 2.25. The fourth-order valence-corrected chi connectivity index (χ4v) is 3.40. The lowest BCUT2D eigenvalue weighted by Gasteiger charge is -2.29. The molecule has 0 spiro atoms. The summed E-state index contributed by atoms with van der Waals surface area (Å²) < 4.78 is 10.5. The first kappa shape index (κ1) is 19.9. The van der Waals surface area contributed by atoms with E-state index in [9.17, 15) is 9.59 Å². The molecular formula is C20H26N4O4. The van der Waals surface area contributed by atoms with E-state index in [0.29, 0.717) is 50.6 Å². The van der Waals surface area contributed by atoms with Crippen molar-refractivity contribution in [2.75, 3.05) is 26.7 Å². The average molecular weight is 386 g/mol. The Morgan fingerprint density at radius 2 is 1.96 bits per heavy atom. The van der Waals surface area contributed by atoms with Crippen molar-refractivity contribution in [3.8, 4) is 5.75 Å². The van der Waals surface area contributed by atoms with Crippen molar-refractivity contribution in [2.45, 2.75) is 39.2 Å². The van der Waals surface area contributed by atoms with Crippen molar-refractivity contribution in [3.05, 3.63) is 41.5 Å². The van der Waals surface area contributed by atoms with Crippen molar-refractivity contribution < 1.29 is 18.8 Å². The van der Waals surface area contributed by atoms with E-state index >= 15 is 0 Å². The van der Waals surface area contributed by atoms with Gasteiger partial charge in [0.1, 0.15) is 11.8 Å². The normalized spacial score (nSPS) is 17.3. The first-order valence-electron chi connectivity index (χ1n) is 9.52. The highest BCUT2D eigenvalue weighted by Gasteiger charge is 2.34. The van der Waals surface area contributed by atoms with Gasteiger partial charge in [-0.1, -0.05) is 24.2 Å². The molecule has 1 aliphatic heterocycles. The summed E-state index contributed by atoms with van der Waals surface area (Å²) in [5.41, 5.74) is 0.918. The Hall–Kier alpha value is -2.90. The van der Waals surface area contributed by atoms with E-state index in [2.05, 4.69) is 10.1 Å².